The minimum Gasteiger partial charge on any atom is -0.387 e. The number of hydrogen-bond donors (Lipinski definition) is 3. The lowest BCUT2D eigenvalue weighted by Gasteiger charge is -2.25. The molecule has 1 heterocycles. The number of aromatic nitrogens is 1. The first-order chi connectivity index (χ1) is 14.3. The molecule has 3 N–H and O–H groups in total. The summed E-state index contributed by atoms with van der Waals surface area (Å²) in [5.74, 6) is 0. The average Bonchev–Trinajstić information content (AvgIpc) is 3.17. The van der Waals surface area contributed by atoms with Crippen molar-refractivity contribution in [3.63, 3.8) is 0 Å². The Balaban J connectivity index is 1.41. The second-order valence-corrected chi connectivity index (χ2v) is 7.92. The summed E-state index contributed by atoms with van der Waals surface area (Å²) < 4.78 is 0. The Morgan fingerprint density at radius 3 is 2.48 bits per heavy atom. The Bertz CT molecular complexity index is 1100. The molecule has 1 aliphatic rings. The Morgan fingerprint density at radius 2 is 1.69 bits per heavy atom. The maximum atomic E-state index is 10.5. The number of rotatable bonds is 5. The lowest BCUT2D eigenvalue weighted by Crippen LogP contribution is -2.29. The van der Waals surface area contributed by atoms with Gasteiger partial charge >= 0.3 is 0 Å². The van der Waals surface area contributed by atoms with Gasteiger partial charge in [0.25, 0.3) is 0 Å². The predicted molar refractivity (Wildman–Crippen MR) is 119 cm³/mol. The van der Waals surface area contributed by atoms with Crippen molar-refractivity contribution in [2.75, 3.05) is 6.54 Å². The van der Waals surface area contributed by atoms with Crippen molar-refractivity contribution in [1.29, 1.82) is 0 Å². The highest BCUT2D eigenvalue weighted by molar-refractivity contribution is 5.89. The molecule has 0 saturated heterocycles. The third-order valence-corrected chi connectivity index (χ3v) is 6.06. The van der Waals surface area contributed by atoms with Crippen LogP contribution in [0.2, 0.25) is 0 Å². The normalized spacial score (nSPS) is 17.2. The van der Waals surface area contributed by atoms with Crippen LogP contribution in [0.5, 0.6) is 0 Å². The summed E-state index contributed by atoms with van der Waals surface area (Å²) in [6.07, 6.45) is 2.87. The van der Waals surface area contributed by atoms with Crippen molar-refractivity contribution in [1.82, 2.24) is 10.3 Å². The first-order valence-corrected chi connectivity index (χ1v) is 10.5. The molecule has 0 spiro atoms. The van der Waals surface area contributed by atoms with Gasteiger partial charge < -0.3 is 15.4 Å². The fourth-order valence-electron chi connectivity index (χ4n) is 4.52. The molecular formula is C26H26N2O. The third kappa shape index (κ3) is 3.59. The SMILES string of the molecule is OC(CNC1CCCc2c1[nH]c1ccc(-c3ccccc3)cc21)c1ccccc1. The van der Waals surface area contributed by atoms with Crippen LogP contribution >= 0.6 is 0 Å². The number of nitrogens with one attached hydrogen (secondary N) is 2. The Morgan fingerprint density at radius 1 is 0.931 bits per heavy atom. The standard InChI is InChI=1S/C26H26N2O/c29-25(19-10-5-2-6-11-19)17-27-24-13-7-12-21-22-16-20(18-8-3-1-4-9-18)14-15-23(22)28-26(21)24/h1-6,8-11,14-16,24-25,27-29H,7,12-13,17H2. The average molecular weight is 383 g/mol. The van der Waals surface area contributed by atoms with Gasteiger partial charge in [-0.15, -0.1) is 0 Å². The van der Waals surface area contributed by atoms with E-state index in [1.165, 1.54) is 33.3 Å². The summed E-state index contributed by atoms with van der Waals surface area (Å²) in [7, 11) is 0. The van der Waals surface area contributed by atoms with Gasteiger partial charge in [0.15, 0.2) is 0 Å². The molecular weight excluding hydrogens is 356 g/mol. The van der Waals surface area contributed by atoms with Gasteiger partial charge in [0.05, 0.1) is 6.10 Å². The van der Waals surface area contributed by atoms with Crippen molar-refractivity contribution in [3.05, 3.63) is 95.7 Å². The Hall–Kier alpha value is -2.88. The van der Waals surface area contributed by atoms with E-state index in [0.717, 1.165) is 24.8 Å². The molecule has 5 rings (SSSR count). The summed E-state index contributed by atoms with van der Waals surface area (Å²) in [5.41, 5.74) is 7.38. The monoisotopic (exact) mass is 382 g/mol. The van der Waals surface area contributed by atoms with Crippen molar-refractivity contribution in [2.24, 2.45) is 0 Å². The zero-order chi connectivity index (χ0) is 19.6. The highest BCUT2D eigenvalue weighted by Gasteiger charge is 2.25. The van der Waals surface area contributed by atoms with Crippen molar-refractivity contribution >= 4 is 10.9 Å². The van der Waals surface area contributed by atoms with Crippen LogP contribution in [0.15, 0.2) is 78.9 Å². The van der Waals surface area contributed by atoms with Gasteiger partial charge in [0, 0.05) is 29.2 Å². The quantitative estimate of drug-likeness (QED) is 0.425. The number of H-pyrrole nitrogens is 1. The van der Waals surface area contributed by atoms with Crippen LogP contribution < -0.4 is 5.32 Å². The highest BCUT2D eigenvalue weighted by atomic mass is 16.3. The molecule has 2 atom stereocenters. The van der Waals surface area contributed by atoms with E-state index >= 15 is 0 Å². The molecule has 146 valence electrons. The number of fused-ring (bicyclic) bond motifs is 3. The van der Waals surface area contributed by atoms with E-state index in [2.05, 4.69) is 58.8 Å². The zero-order valence-corrected chi connectivity index (χ0v) is 16.4. The largest absolute Gasteiger partial charge is 0.387 e. The second kappa shape index (κ2) is 7.86. The molecule has 4 aromatic rings. The van der Waals surface area contributed by atoms with E-state index in [0.29, 0.717) is 6.54 Å². The molecule has 29 heavy (non-hydrogen) atoms. The van der Waals surface area contributed by atoms with Crippen LogP contribution in [0.4, 0.5) is 0 Å². The van der Waals surface area contributed by atoms with Crippen LogP contribution in [-0.4, -0.2) is 16.6 Å². The number of aliphatic hydroxyl groups excluding tert-OH is 1. The van der Waals surface area contributed by atoms with Crippen molar-refractivity contribution in [2.45, 2.75) is 31.4 Å². The molecule has 1 aliphatic carbocycles. The van der Waals surface area contributed by atoms with E-state index in [9.17, 15) is 5.11 Å². The van der Waals surface area contributed by atoms with E-state index in [4.69, 9.17) is 0 Å². The molecule has 3 aromatic carbocycles. The van der Waals surface area contributed by atoms with E-state index in [1.807, 2.05) is 30.3 Å². The number of hydrogen-bond acceptors (Lipinski definition) is 2. The molecule has 0 aliphatic heterocycles. The molecule has 0 saturated carbocycles. The van der Waals surface area contributed by atoms with Crippen molar-refractivity contribution in [3.8, 4) is 11.1 Å². The van der Waals surface area contributed by atoms with Crippen molar-refractivity contribution < 1.29 is 5.11 Å². The molecule has 0 radical (unpaired) electrons. The molecule has 0 bridgehead atoms. The zero-order valence-electron chi connectivity index (χ0n) is 16.4. The molecule has 0 amide bonds. The van der Waals surface area contributed by atoms with Gasteiger partial charge in [-0.25, -0.2) is 0 Å². The smallest absolute Gasteiger partial charge is 0.0914 e. The number of aliphatic hydroxyl groups is 1. The van der Waals surface area contributed by atoms with Crippen LogP contribution in [0, 0.1) is 0 Å². The molecule has 3 nitrogen and oxygen atoms in total. The van der Waals surface area contributed by atoms with Gasteiger partial charge in [-0.3, -0.25) is 0 Å². The minimum absolute atomic E-state index is 0.254. The molecule has 2 unspecified atom stereocenters. The maximum absolute atomic E-state index is 10.5. The van der Waals surface area contributed by atoms with Crippen LogP contribution in [0.1, 0.15) is 41.8 Å². The summed E-state index contributed by atoms with van der Waals surface area (Å²) in [4.78, 5) is 3.66. The highest BCUT2D eigenvalue weighted by Crippen LogP contribution is 2.36. The maximum Gasteiger partial charge on any atom is 0.0914 e. The van der Waals surface area contributed by atoms with E-state index in [1.54, 1.807) is 0 Å². The first-order valence-electron chi connectivity index (χ1n) is 10.5. The summed E-state index contributed by atoms with van der Waals surface area (Å²) in [5, 5.41) is 15.5. The Kier molecular flexibility index (Phi) is 4.92. The van der Waals surface area contributed by atoms with Gasteiger partial charge in [-0.2, -0.15) is 0 Å². The minimum atomic E-state index is -0.490. The molecule has 1 aromatic heterocycles. The topological polar surface area (TPSA) is 48.0 Å². The summed E-state index contributed by atoms with van der Waals surface area (Å²) in [6.45, 7) is 0.554. The summed E-state index contributed by atoms with van der Waals surface area (Å²) in [6, 6.07) is 27.4. The summed E-state index contributed by atoms with van der Waals surface area (Å²) >= 11 is 0. The van der Waals surface area contributed by atoms with E-state index < -0.39 is 6.10 Å². The third-order valence-electron chi connectivity index (χ3n) is 6.06. The van der Waals surface area contributed by atoms with Crippen LogP contribution in [0.25, 0.3) is 22.0 Å². The first kappa shape index (κ1) is 18.2. The molecule has 3 heteroatoms. The van der Waals surface area contributed by atoms with Crippen LogP contribution in [0.3, 0.4) is 0 Å². The molecule has 0 fully saturated rings. The fourth-order valence-corrected chi connectivity index (χ4v) is 4.52. The van der Waals surface area contributed by atoms with Gasteiger partial charge in [0.2, 0.25) is 0 Å². The van der Waals surface area contributed by atoms with Gasteiger partial charge in [-0.1, -0.05) is 66.7 Å². The lowest BCUT2D eigenvalue weighted by atomic mass is 9.90. The Labute approximate surface area is 171 Å². The number of aryl methyl sites for hydroxylation is 1. The number of aromatic amines is 1. The number of benzene rings is 3. The van der Waals surface area contributed by atoms with Crippen LogP contribution in [-0.2, 0) is 6.42 Å². The van der Waals surface area contributed by atoms with Gasteiger partial charge in [-0.05, 0) is 53.6 Å². The predicted octanol–water partition coefficient (Wildman–Crippen LogP) is 5.54. The fraction of sp³-hybridized carbons (Fsp3) is 0.231. The lowest BCUT2D eigenvalue weighted by molar-refractivity contribution is 0.168. The van der Waals surface area contributed by atoms with Gasteiger partial charge in [0.1, 0.15) is 0 Å². The van der Waals surface area contributed by atoms with E-state index in [-0.39, 0.29) is 6.04 Å². The second-order valence-electron chi connectivity index (χ2n) is 7.92.